The molecule has 0 aliphatic carbocycles. The number of carbonyl (C=O) groups excluding carboxylic acids is 2. The number of aromatic amines is 1. The highest BCUT2D eigenvalue weighted by Gasteiger charge is 2.40. The Hall–Kier alpha value is -4.26. The molecule has 0 bridgehead atoms. The molecule has 1 fully saturated rings. The number of nitrogens with zero attached hydrogens (tertiary/aromatic N) is 2. The van der Waals surface area contributed by atoms with Crippen molar-refractivity contribution in [2.45, 2.75) is 38.4 Å². The standard InChI is InChI=1S/C31H33N3O4/c1-21-30(35)34(19-23-10-7-11-26(16-23)37-2)25(13-12-22-8-5-4-6-9-22)20-33(21)31(36)29-18-24-17-27(38-3)14-15-28(24)32-29/h4-11,14-18,21,25,32H,12-13,19-20H2,1-3H3/t21-,25+/m1/s1. The van der Waals surface area contributed by atoms with E-state index in [4.69, 9.17) is 9.47 Å². The summed E-state index contributed by atoms with van der Waals surface area (Å²) < 4.78 is 10.7. The molecular weight excluding hydrogens is 478 g/mol. The smallest absolute Gasteiger partial charge is 0.271 e. The topological polar surface area (TPSA) is 74.9 Å². The van der Waals surface area contributed by atoms with Gasteiger partial charge < -0.3 is 24.3 Å². The molecule has 3 aromatic carbocycles. The van der Waals surface area contributed by atoms with Crippen LogP contribution in [-0.4, -0.2) is 59.4 Å². The van der Waals surface area contributed by atoms with Gasteiger partial charge in [-0.15, -0.1) is 0 Å². The molecule has 1 aliphatic heterocycles. The lowest BCUT2D eigenvalue weighted by Gasteiger charge is -2.45. The molecule has 4 aromatic rings. The second kappa shape index (κ2) is 11.0. The van der Waals surface area contributed by atoms with Gasteiger partial charge >= 0.3 is 0 Å². The molecule has 2 atom stereocenters. The molecule has 0 radical (unpaired) electrons. The van der Waals surface area contributed by atoms with Crippen molar-refractivity contribution in [1.82, 2.24) is 14.8 Å². The summed E-state index contributed by atoms with van der Waals surface area (Å²) in [4.78, 5) is 34.4. The number of methoxy groups -OCH3 is 2. The van der Waals surface area contributed by atoms with Gasteiger partial charge in [-0.05, 0) is 67.3 Å². The largest absolute Gasteiger partial charge is 0.497 e. The van der Waals surface area contributed by atoms with Gasteiger partial charge in [0.1, 0.15) is 23.2 Å². The summed E-state index contributed by atoms with van der Waals surface area (Å²) in [5.74, 6) is 1.26. The lowest BCUT2D eigenvalue weighted by molar-refractivity contribution is -0.144. The molecule has 196 valence electrons. The predicted molar refractivity (Wildman–Crippen MR) is 147 cm³/mol. The molecule has 1 aliphatic rings. The summed E-state index contributed by atoms with van der Waals surface area (Å²) in [5.41, 5.74) is 3.53. The van der Waals surface area contributed by atoms with Gasteiger partial charge in [0.2, 0.25) is 5.91 Å². The van der Waals surface area contributed by atoms with E-state index in [1.54, 1.807) is 19.1 Å². The maximum atomic E-state index is 13.8. The molecule has 0 unspecified atom stereocenters. The van der Waals surface area contributed by atoms with Gasteiger partial charge in [0, 0.05) is 24.0 Å². The van der Waals surface area contributed by atoms with Gasteiger partial charge in [-0.3, -0.25) is 9.59 Å². The van der Waals surface area contributed by atoms with Gasteiger partial charge in [0.15, 0.2) is 0 Å². The lowest BCUT2D eigenvalue weighted by Crippen LogP contribution is -2.61. The summed E-state index contributed by atoms with van der Waals surface area (Å²) >= 11 is 0. The second-order valence-corrected chi connectivity index (χ2v) is 9.77. The fraction of sp³-hybridized carbons (Fsp3) is 0.290. The van der Waals surface area contributed by atoms with Crippen LogP contribution in [0.25, 0.3) is 10.9 Å². The third-order valence-corrected chi connectivity index (χ3v) is 7.37. The zero-order valence-electron chi connectivity index (χ0n) is 22.0. The summed E-state index contributed by atoms with van der Waals surface area (Å²) in [6.45, 7) is 2.74. The van der Waals surface area contributed by atoms with E-state index >= 15 is 0 Å². The third-order valence-electron chi connectivity index (χ3n) is 7.37. The number of nitrogens with one attached hydrogen (secondary N) is 1. The number of hydrogen-bond donors (Lipinski definition) is 1. The molecule has 7 heteroatoms. The van der Waals surface area contributed by atoms with Gasteiger partial charge in [-0.25, -0.2) is 0 Å². The van der Waals surface area contributed by atoms with Crippen LogP contribution in [0, 0.1) is 0 Å². The zero-order chi connectivity index (χ0) is 26.6. The van der Waals surface area contributed by atoms with Gasteiger partial charge in [0.25, 0.3) is 5.91 Å². The number of ether oxygens (including phenoxy) is 2. The van der Waals surface area contributed by atoms with Crippen molar-refractivity contribution in [3.05, 3.63) is 95.7 Å². The van der Waals surface area contributed by atoms with Crippen molar-refractivity contribution in [3.63, 3.8) is 0 Å². The fourth-order valence-electron chi connectivity index (χ4n) is 5.20. The Morgan fingerprint density at radius 3 is 2.42 bits per heavy atom. The Morgan fingerprint density at radius 2 is 1.66 bits per heavy atom. The highest BCUT2D eigenvalue weighted by atomic mass is 16.5. The minimum atomic E-state index is -0.581. The van der Waals surface area contributed by atoms with Gasteiger partial charge in [0.05, 0.1) is 20.3 Å². The Kier molecular flexibility index (Phi) is 7.36. The molecule has 0 spiro atoms. The van der Waals surface area contributed by atoms with Gasteiger partial charge in [-0.2, -0.15) is 0 Å². The van der Waals surface area contributed by atoms with Crippen molar-refractivity contribution in [2.75, 3.05) is 20.8 Å². The minimum absolute atomic E-state index is 0.0525. The molecule has 1 N–H and O–H groups in total. The summed E-state index contributed by atoms with van der Waals surface area (Å²) in [6.07, 6.45) is 1.57. The van der Waals surface area contributed by atoms with Crippen molar-refractivity contribution in [2.24, 2.45) is 0 Å². The van der Waals surface area contributed by atoms with E-state index in [-0.39, 0.29) is 17.9 Å². The molecule has 5 rings (SSSR count). The number of piperazine rings is 1. The monoisotopic (exact) mass is 511 g/mol. The van der Waals surface area contributed by atoms with E-state index in [9.17, 15) is 9.59 Å². The maximum Gasteiger partial charge on any atom is 0.271 e. The lowest BCUT2D eigenvalue weighted by atomic mass is 9.98. The Balaban J connectivity index is 1.42. The van der Waals surface area contributed by atoms with Crippen LogP contribution < -0.4 is 9.47 Å². The first kappa shape index (κ1) is 25.4. The van der Waals surface area contributed by atoms with Crippen LogP contribution in [0.3, 0.4) is 0 Å². The Morgan fingerprint density at radius 1 is 0.921 bits per heavy atom. The molecule has 0 saturated carbocycles. The number of H-pyrrole nitrogens is 1. The second-order valence-electron chi connectivity index (χ2n) is 9.77. The minimum Gasteiger partial charge on any atom is -0.497 e. The quantitative estimate of drug-likeness (QED) is 0.359. The van der Waals surface area contributed by atoms with E-state index in [0.717, 1.165) is 40.8 Å². The van der Waals surface area contributed by atoms with Crippen LogP contribution in [0.1, 0.15) is 35.0 Å². The molecule has 7 nitrogen and oxygen atoms in total. The summed E-state index contributed by atoms with van der Waals surface area (Å²) in [7, 11) is 3.26. The first-order chi connectivity index (χ1) is 18.5. The van der Waals surface area contributed by atoms with E-state index in [2.05, 4.69) is 17.1 Å². The number of carbonyl (C=O) groups is 2. The van der Waals surface area contributed by atoms with Crippen LogP contribution in [0.2, 0.25) is 0 Å². The number of benzene rings is 3. The van der Waals surface area contributed by atoms with Crippen LogP contribution in [-0.2, 0) is 17.8 Å². The normalized spacial score (nSPS) is 17.6. The average Bonchev–Trinajstić information content (AvgIpc) is 3.39. The number of hydrogen-bond acceptors (Lipinski definition) is 4. The maximum absolute atomic E-state index is 13.8. The fourth-order valence-corrected chi connectivity index (χ4v) is 5.20. The van der Waals surface area contributed by atoms with E-state index < -0.39 is 6.04 Å². The van der Waals surface area contributed by atoms with Crippen LogP contribution in [0.15, 0.2) is 78.9 Å². The summed E-state index contributed by atoms with van der Waals surface area (Å²) in [6, 6.07) is 24.8. The zero-order valence-corrected chi connectivity index (χ0v) is 22.0. The average molecular weight is 512 g/mol. The highest BCUT2D eigenvalue weighted by Crippen LogP contribution is 2.27. The van der Waals surface area contributed by atoms with E-state index in [1.807, 2.05) is 78.6 Å². The number of aryl methyl sites for hydroxylation is 1. The number of amides is 2. The molecule has 2 heterocycles. The Bertz CT molecular complexity index is 1430. The highest BCUT2D eigenvalue weighted by molar-refractivity contribution is 6.01. The van der Waals surface area contributed by atoms with Crippen LogP contribution in [0.4, 0.5) is 0 Å². The number of aromatic nitrogens is 1. The van der Waals surface area contributed by atoms with E-state index in [1.165, 1.54) is 5.56 Å². The third kappa shape index (κ3) is 5.23. The SMILES string of the molecule is COc1cccc(CN2C(=O)[C@@H](C)N(C(=O)c3cc4cc(OC)ccc4[nH]3)C[C@@H]2CCc2ccccc2)c1. The number of rotatable bonds is 8. The summed E-state index contributed by atoms with van der Waals surface area (Å²) in [5, 5.41) is 0.893. The Labute approximate surface area is 223 Å². The van der Waals surface area contributed by atoms with Crippen molar-refractivity contribution < 1.29 is 19.1 Å². The van der Waals surface area contributed by atoms with Gasteiger partial charge in [-0.1, -0.05) is 42.5 Å². The van der Waals surface area contributed by atoms with Crippen molar-refractivity contribution in [1.29, 1.82) is 0 Å². The molecule has 38 heavy (non-hydrogen) atoms. The number of fused-ring (bicyclic) bond motifs is 1. The van der Waals surface area contributed by atoms with Crippen LogP contribution in [0.5, 0.6) is 11.5 Å². The first-order valence-electron chi connectivity index (χ1n) is 12.9. The molecule has 2 amide bonds. The predicted octanol–water partition coefficient (Wildman–Crippen LogP) is 5.06. The van der Waals surface area contributed by atoms with E-state index in [0.29, 0.717) is 18.8 Å². The van der Waals surface area contributed by atoms with Crippen molar-refractivity contribution in [3.8, 4) is 11.5 Å². The van der Waals surface area contributed by atoms with Crippen LogP contribution >= 0.6 is 0 Å². The molecule has 1 aromatic heterocycles. The molecular formula is C31H33N3O4. The van der Waals surface area contributed by atoms with Crippen molar-refractivity contribution >= 4 is 22.7 Å². The molecule has 1 saturated heterocycles. The first-order valence-corrected chi connectivity index (χ1v) is 12.9.